The molecule has 2 bridgehead atoms. The number of rotatable bonds is 15. The summed E-state index contributed by atoms with van der Waals surface area (Å²) in [5, 5.41) is 13.6. The lowest BCUT2D eigenvalue weighted by atomic mass is 9.70. The summed E-state index contributed by atoms with van der Waals surface area (Å²) in [7, 11) is 0. The summed E-state index contributed by atoms with van der Waals surface area (Å²) in [6.07, 6.45) is 3.37. The molecule has 8 atom stereocenters. The maximum atomic E-state index is 14.7. The van der Waals surface area contributed by atoms with Crippen LogP contribution in [-0.4, -0.2) is 88.1 Å². The van der Waals surface area contributed by atoms with E-state index in [0.29, 0.717) is 30.0 Å². The first-order valence-corrected chi connectivity index (χ1v) is 16.7. The van der Waals surface area contributed by atoms with Crippen molar-refractivity contribution in [3.63, 3.8) is 0 Å². The third-order valence-corrected chi connectivity index (χ3v) is 9.95. The summed E-state index contributed by atoms with van der Waals surface area (Å²) >= 11 is 10.2. The lowest BCUT2D eigenvalue weighted by Crippen LogP contribution is -2.59. The molecule has 0 radical (unpaired) electrons. The van der Waals surface area contributed by atoms with Crippen molar-refractivity contribution in [3.8, 4) is 0 Å². The van der Waals surface area contributed by atoms with E-state index in [2.05, 4.69) is 34.4 Å². The van der Waals surface area contributed by atoms with Gasteiger partial charge in [0.25, 0.3) is 5.91 Å². The van der Waals surface area contributed by atoms with Gasteiger partial charge in [-0.05, 0) is 44.2 Å². The van der Waals surface area contributed by atoms with Gasteiger partial charge < -0.3 is 29.7 Å². The van der Waals surface area contributed by atoms with Crippen molar-refractivity contribution in [1.29, 1.82) is 0 Å². The van der Waals surface area contributed by atoms with Gasteiger partial charge in [0.15, 0.2) is 0 Å². The van der Waals surface area contributed by atoms with E-state index in [-0.39, 0.29) is 42.8 Å². The molecular formula is C33H43BrClN3O7. The lowest BCUT2D eigenvalue weighted by molar-refractivity contribution is -0.159. The van der Waals surface area contributed by atoms with E-state index in [1.165, 1.54) is 9.80 Å². The Morgan fingerprint density at radius 1 is 1.27 bits per heavy atom. The molecule has 1 unspecified atom stereocenters. The molecule has 0 aliphatic carbocycles. The molecule has 12 heteroatoms. The Morgan fingerprint density at radius 3 is 2.60 bits per heavy atom. The van der Waals surface area contributed by atoms with Crippen molar-refractivity contribution in [2.24, 2.45) is 17.8 Å². The van der Waals surface area contributed by atoms with Crippen LogP contribution in [0.5, 0.6) is 0 Å². The van der Waals surface area contributed by atoms with Gasteiger partial charge in [-0.1, -0.05) is 65.7 Å². The Bertz CT molecular complexity index is 1310. The molecule has 3 aliphatic rings. The Morgan fingerprint density at radius 2 is 1.98 bits per heavy atom. The third kappa shape index (κ3) is 6.87. The molecule has 246 valence electrons. The molecule has 3 aliphatic heterocycles. The number of carbonyl (C=O) groups excluding carboxylic acids is 4. The second-order valence-corrected chi connectivity index (χ2v) is 14.0. The molecule has 3 heterocycles. The number of alkyl halides is 1. The number of para-hydroxylation sites is 1. The number of amides is 3. The number of likely N-dealkylation sites (tertiary alicyclic amines) is 1. The van der Waals surface area contributed by atoms with E-state index >= 15 is 0 Å². The molecule has 3 fully saturated rings. The number of carbonyl (C=O) groups is 4. The minimum Gasteiger partial charge on any atom is -0.460 e. The fraction of sp³-hybridized carbons (Fsp3) is 0.576. The number of esters is 1. The highest BCUT2D eigenvalue weighted by atomic mass is 79.9. The fourth-order valence-electron chi connectivity index (χ4n) is 6.98. The topological polar surface area (TPSA) is 125 Å². The monoisotopic (exact) mass is 707 g/mol. The maximum absolute atomic E-state index is 14.7. The van der Waals surface area contributed by atoms with Crippen LogP contribution in [0.15, 0.2) is 49.6 Å². The summed E-state index contributed by atoms with van der Waals surface area (Å²) in [6.45, 7) is 12.9. The predicted molar refractivity (Wildman–Crippen MR) is 175 cm³/mol. The molecule has 1 aromatic rings. The zero-order valence-corrected chi connectivity index (χ0v) is 28.3. The van der Waals surface area contributed by atoms with Crippen LogP contribution in [0.2, 0.25) is 5.02 Å². The molecule has 3 amide bonds. The van der Waals surface area contributed by atoms with E-state index in [0.717, 1.165) is 0 Å². The van der Waals surface area contributed by atoms with Gasteiger partial charge in [-0.25, -0.2) is 0 Å². The predicted octanol–water partition coefficient (Wildman–Crippen LogP) is 4.03. The quantitative estimate of drug-likeness (QED) is 0.160. The van der Waals surface area contributed by atoms with Gasteiger partial charge in [0, 0.05) is 17.8 Å². The smallest absolute Gasteiger partial charge is 0.312 e. The SMILES string of the molecule is C=CCCC(=O)NC[C@@H](C)OC(=O)[C@H]1[C@@H]2O[C@@]3(CC2Br)[C@@H]1C(=O)N([C@@H](CO)CC(C)C)[C@@H]3C(=O)N(CC=C)c1ccccc1Cl. The van der Waals surface area contributed by atoms with Crippen LogP contribution in [-0.2, 0) is 28.7 Å². The number of aliphatic hydroxyl groups is 1. The van der Waals surface area contributed by atoms with Crippen molar-refractivity contribution in [2.75, 3.05) is 24.6 Å². The van der Waals surface area contributed by atoms with Gasteiger partial charge >= 0.3 is 5.97 Å². The minimum absolute atomic E-state index is 0.0981. The lowest BCUT2D eigenvalue weighted by Gasteiger charge is -2.40. The van der Waals surface area contributed by atoms with Crippen LogP contribution in [0.4, 0.5) is 5.69 Å². The van der Waals surface area contributed by atoms with Gasteiger partial charge in [-0.3, -0.25) is 19.2 Å². The molecule has 4 rings (SSSR count). The molecule has 1 aromatic carbocycles. The Kier molecular flexibility index (Phi) is 11.5. The molecular weight excluding hydrogens is 666 g/mol. The van der Waals surface area contributed by atoms with Crippen LogP contribution in [0, 0.1) is 17.8 Å². The third-order valence-electron chi connectivity index (χ3n) is 8.78. The molecule has 3 saturated heterocycles. The average Bonchev–Trinajstić information content (AvgIpc) is 3.59. The van der Waals surface area contributed by atoms with E-state index in [1.807, 2.05) is 13.8 Å². The highest BCUT2D eigenvalue weighted by Gasteiger charge is 2.77. The number of allylic oxidation sites excluding steroid dienone is 1. The Balaban J connectivity index is 1.71. The normalized spacial score (nSPS) is 28.0. The van der Waals surface area contributed by atoms with Crippen molar-refractivity contribution in [3.05, 3.63) is 54.6 Å². The number of nitrogens with zero attached hydrogens (tertiary/aromatic N) is 2. The molecule has 2 N–H and O–H groups in total. The number of aliphatic hydroxyl groups excluding tert-OH is 1. The highest BCUT2D eigenvalue weighted by molar-refractivity contribution is 9.09. The number of nitrogens with one attached hydrogen (secondary N) is 1. The largest absolute Gasteiger partial charge is 0.460 e. The average molecular weight is 709 g/mol. The van der Waals surface area contributed by atoms with Gasteiger partial charge in [-0.15, -0.1) is 13.2 Å². The van der Waals surface area contributed by atoms with Crippen molar-refractivity contribution >= 4 is 56.9 Å². The molecule has 0 aromatic heterocycles. The van der Waals surface area contributed by atoms with Gasteiger partial charge in [0.1, 0.15) is 17.7 Å². The number of hydrogen-bond donors (Lipinski definition) is 2. The van der Waals surface area contributed by atoms with Gasteiger partial charge in [0.05, 0.1) is 47.8 Å². The van der Waals surface area contributed by atoms with E-state index in [1.54, 1.807) is 43.3 Å². The Labute approximate surface area is 278 Å². The number of anilines is 1. The molecule has 10 nitrogen and oxygen atoms in total. The summed E-state index contributed by atoms with van der Waals surface area (Å²) in [4.78, 5) is 57.7. The first-order valence-electron chi connectivity index (χ1n) is 15.4. The first-order chi connectivity index (χ1) is 21.4. The second-order valence-electron chi connectivity index (χ2n) is 12.4. The number of fused-ring (bicyclic) bond motifs is 1. The molecule has 0 saturated carbocycles. The zero-order valence-electron chi connectivity index (χ0n) is 26.0. The van der Waals surface area contributed by atoms with E-state index < -0.39 is 59.5 Å². The van der Waals surface area contributed by atoms with Gasteiger partial charge in [0.2, 0.25) is 11.8 Å². The number of halogens is 2. The molecule has 45 heavy (non-hydrogen) atoms. The molecule has 1 spiro atoms. The summed E-state index contributed by atoms with van der Waals surface area (Å²) < 4.78 is 12.4. The van der Waals surface area contributed by atoms with Crippen molar-refractivity contribution in [2.45, 2.75) is 81.2 Å². The van der Waals surface area contributed by atoms with E-state index in [9.17, 15) is 24.3 Å². The second kappa shape index (κ2) is 14.8. The zero-order chi connectivity index (χ0) is 33.1. The van der Waals surface area contributed by atoms with Crippen molar-refractivity contribution in [1.82, 2.24) is 10.2 Å². The number of ether oxygens (including phenoxy) is 2. The van der Waals surface area contributed by atoms with Crippen LogP contribution in [0.3, 0.4) is 0 Å². The summed E-state index contributed by atoms with van der Waals surface area (Å²) in [6, 6.07) is 5.08. The number of benzene rings is 1. The van der Waals surface area contributed by atoms with Gasteiger partial charge in [-0.2, -0.15) is 0 Å². The highest BCUT2D eigenvalue weighted by Crippen LogP contribution is 2.61. The van der Waals surface area contributed by atoms with E-state index in [4.69, 9.17) is 21.1 Å². The summed E-state index contributed by atoms with van der Waals surface area (Å²) in [5.41, 5.74) is -0.909. The summed E-state index contributed by atoms with van der Waals surface area (Å²) in [5.74, 6) is -3.60. The van der Waals surface area contributed by atoms with Crippen molar-refractivity contribution < 1.29 is 33.8 Å². The maximum Gasteiger partial charge on any atom is 0.312 e. The number of hydrogen-bond acceptors (Lipinski definition) is 7. The van der Waals surface area contributed by atoms with Crippen LogP contribution >= 0.6 is 27.5 Å². The standard InChI is InChI=1S/C33H43BrClN3O7/c1-6-8-13-25(40)36-17-20(5)44-32(43)26-27-30(41)38(21(18-39)15-19(3)4)29(33(27)16-22(34)28(26)45-33)31(42)37(14-7-2)24-12-10-9-11-23(24)35/h6-7,9-12,19-22,26-29,39H,1-2,8,13-18H2,3-5H3,(H,36,40)/t20-,21-,22?,26-,27+,28-,29-,33+/m1/s1. The Hall–Kier alpha value is -2.73. The fourth-order valence-corrected chi connectivity index (χ4v) is 8.16. The van der Waals surface area contributed by atoms with Crippen LogP contribution < -0.4 is 10.2 Å². The first kappa shape index (κ1) is 35.1. The minimum atomic E-state index is -1.36. The van der Waals surface area contributed by atoms with Crippen LogP contribution in [0.1, 0.15) is 46.5 Å². The van der Waals surface area contributed by atoms with Crippen LogP contribution in [0.25, 0.3) is 0 Å².